The van der Waals surface area contributed by atoms with E-state index in [1.807, 2.05) is 6.20 Å². The number of aryl methyl sites for hydroxylation is 1. The first-order chi connectivity index (χ1) is 9.74. The maximum absolute atomic E-state index is 4.50. The van der Waals surface area contributed by atoms with Crippen molar-refractivity contribution in [3.05, 3.63) is 23.5 Å². The Labute approximate surface area is 133 Å². The molecule has 118 valence electrons. The van der Waals surface area contributed by atoms with Crippen LogP contribution in [0, 0.1) is 6.92 Å². The largest absolute Gasteiger partial charge is 0.369 e. The van der Waals surface area contributed by atoms with Crippen LogP contribution in [-0.2, 0) is 6.54 Å². The Bertz CT molecular complexity index is 471. The average Bonchev–Trinajstić information content (AvgIpc) is 2.35. The van der Waals surface area contributed by atoms with E-state index in [4.69, 9.17) is 0 Å². The Balaban J connectivity index is 2.22. The van der Waals surface area contributed by atoms with Gasteiger partial charge in [-0.25, -0.2) is 0 Å². The van der Waals surface area contributed by atoms with Gasteiger partial charge in [0, 0.05) is 58.8 Å². The van der Waals surface area contributed by atoms with Crippen molar-refractivity contribution in [3.8, 4) is 0 Å². The summed E-state index contributed by atoms with van der Waals surface area (Å²) in [6, 6.07) is 2.25. The summed E-state index contributed by atoms with van der Waals surface area (Å²) < 4.78 is 0. The summed E-state index contributed by atoms with van der Waals surface area (Å²) >= 11 is 2.09. The minimum absolute atomic E-state index is 0.125. The van der Waals surface area contributed by atoms with Gasteiger partial charge in [0.1, 0.15) is 0 Å². The van der Waals surface area contributed by atoms with Crippen molar-refractivity contribution >= 4 is 17.4 Å². The lowest BCUT2D eigenvalue weighted by Crippen LogP contribution is -2.41. The lowest BCUT2D eigenvalue weighted by Gasteiger charge is -2.37. The third kappa shape index (κ3) is 4.89. The fraction of sp³-hybridized carbons (Fsp3) is 0.706. The molecule has 0 radical (unpaired) electrons. The van der Waals surface area contributed by atoms with Crippen molar-refractivity contribution in [1.29, 1.82) is 0 Å². The zero-order valence-electron chi connectivity index (χ0n) is 14.2. The van der Waals surface area contributed by atoms with E-state index >= 15 is 0 Å². The molecular formula is C17H29N3S. The van der Waals surface area contributed by atoms with Crippen LogP contribution in [0.3, 0.4) is 0 Å². The van der Waals surface area contributed by atoms with Crippen LogP contribution in [-0.4, -0.2) is 34.1 Å². The van der Waals surface area contributed by atoms with E-state index in [2.05, 4.69) is 74.6 Å². The first-order valence-electron chi connectivity index (χ1n) is 7.85. The standard InChI is InChI=1S/C17H29N3S/c1-12-7-16(20-10-13(2)21-14(3)11-20)15(8-18-12)9-19-17(4,5)6/h7-8,13-14,19H,9-11H2,1-6H3. The lowest BCUT2D eigenvalue weighted by molar-refractivity contribution is 0.424. The van der Waals surface area contributed by atoms with Crippen LogP contribution >= 0.6 is 11.8 Å². The Morgan fingerprint density at radius 3 is 2.48 bits per heavy atom. The zero-order valence-corrected chi connectivity index (χ0v) is 15.0. The van der Waals surface area contributed by atoms with Crippen molar-refractivity contribution in [2.75, 3.05) is 18.0 Å². The molecule has 1 aromatic rings. The van der Waals surface area contributed by atoms with Crippen molar-refractivity contribution in [1.82, 2.24) is 10.3 Å². The lowest BCUT2D eigenvalue weighted by atomic mass is 10.1. The third-order valence-corrected chi connectivity index (χ3v) is 4.90. The van der Waals surface area contributed by atoms with Crippen molar-refractivity contribution in [3.63, 3.8) is 0 Å². The summed E-state index contributed by atoms with van der Waals surface area (Å²) in [4.78, 5) is 7.04. The molecule has 4 heteroatoms. The highest BCUT2D eigenvalue weighted by molar-refractivity contribution is 8.00. The molecule has 3 nitrogen and oxygen atoms in total. The normalized spacial score (nSPS) is 23.4. The molecule has 2 unspecified atom stereocenters. The molecule has 0 aromatic carbocycles. The van der Waals surface area contributed by atoms with Gasteiger partial charge >= 0.3 is 0 Å². The van der Waals surface area contributed by atoms with Gasteiger partial charge in [-0.1, -0.05) is 13.8 Å². The van der Waals surface area contributed by atoms with Crippen LogP contribution in [0.25, 0.3) is 0 Å². The molecule has 1 aliphatic rings. The molecular weight excluding hydrogens is 278 g/mol. The van der Waals surface area contributed by atoms with Crippen LogP contribution in [0.15, 0.2) is 12.3 Å². The number of rotatable bonds is 3. The molecule has 2 heterocycles. The van der Waals surface area contributed by atoms with Gasteiger partial charge in [0.25, 0.3) is 0 Å². The topological polar surface area (TPSA) is 28.2 Å². The highest BCUT2D eigenvalue weighted by Gasteiger charge is 2.24. The molecule has 0 amide bonds. The van der Waals surface area contributed by atoms with Gasteiger partial charge in [-0.15, -0.1) is 0 Å². The van der Waals surface area contributed by atoms with Gasteiger partial charge in [-0.2, -0.15) is 11.8 Å². The number of thioether (sulfide) groups is 1. The number of nitrogens with one attached hydrogen (secondary N) is 1. The number of pyridine rings is 1. The van der Waals surface area contributed by atoms with E-state index in [9.17, 15) is 0 Å². The predicted molar refractivity (Wildman–Crippen MR) is 94.3 cm³/mol. The molecule has 0 spiro atoms. The number of nitrogens with zero attached hydrogens (tertiary/aromatic N) is 2. The van der Waals surface area contributed by atoms with Gasteiger partial charge in [0.2, 0.25) is 0 Å². The minimum atomic E-state index is 0.125. The highest BCUT2D eigenvalue weighted by Crippen LogP contribution is 2.30. The number of aromatic nitrogens is 1. The molecule has 1 saturated heterocycles. The fourth-order valence-corrected chi connectivity index (χ4v) is 4.06. The Morgan fingerprint density at radius 1 is 1.29 bits per heavy atom. The van der Waals surface area contributed by atoms with E-state index in [1.54, 1.807) is 0 Å². The minimum Gasteiger partial charge on any atom is -0.369 e. The van der Waals surface area contributed by atoms with Crippen molar-refractivity contribution < 1.29 is 0 Å². The van der Waals surface area contributed by atoms with Gasteiger partial charge in [0.15, 0.2) is 0 Å². The van der Waals surface area contributed by atoms with E-state index in [-0.39, 0.29) is 5.54 Å². The molecule has 1 aromatic heterocycles. The SMILES string of the molecule is Cc1cc(N2CC(C)SC(C)C2)c(CNC(C)(C)C)cn1. The van der Waals surface area contributed by atoms with Gasteiger partial charge in [-0.3, -0.25) is 4.98 Å². The second kappa shape index (κ2) is 6.57. The molecule has 21 heavy (non-hydrogen) atoms. The smallest absolute Gasteiger partial charge is 0.0446 e. The van der Waals surface area contributed by atoms with Crippen molar-refractivity contribution in [2.24, 2.45) is 0 Å². The van der Waals surface area contributed by atoms with E-state index in [1.165, 1.54) is 11.3 Å². The third-order valence-electron chi connectivity index (χ3n) is 3.67. The molecule has 1 N–H and O–H groups in total. The summed E-state index contributed by atoms with van der Waals surface area (Å²) in [6.45, 7) is 16.5. The first-order valence-corrected chi connectivity index (χ1v) is 8.80. The molecule has 0 bridgehead atoms. The maximum atomic E-state index is 4.50. The Kier molecular flexibility index (Phi) is 5.20. The van der Waals surface area contributed by atoms with E-state index in [0.717, 1.165) is 25.3 Å². The first kappa shape index (κ1) is 16.6. The number of hydrogen-bond acceptors (Lipinski definition) is 4. The van der Waals surface area contributed by atoms with Crippen LogP contribution < -0.4 is 10.2 Å². The van der Waals surface area contributed by atoms with Gasteiger partial charge in [0.05, 0.1) is 0 Å². The number of hydrogen-bond donors (Lipinski definition) is 1. The van der Waals surface area contributed by atoms with Crippen molar-refractivity contribution in [2.45, 2.75) is 64.1 Å². The van der Waals surface area contributed by atoms with Crippen LogP contribution in [0.5, 0.6) is 0 Å². The molecule has 0 aliphatic carbocycles. The average molecular weight is 308 g/mol. The Hall–Kier alpha value is -0.740. The molecule has 1 aliphatic heterocycles. The molecule has 2 rings (SSSR count). The summed E-state index contributed by atoms with van der Waals surface area (Å²) in [7, 11) is 0. The number of anilines is 1. The molecule has 2 atom stereocenters. The maximum Gasteiger partial charge on any atom is 0.0446 e. The monoisotopic (exact) mass is 307 g/mol. The summed E-state index contributed by atoms with van der Waals surface area (Å²) in [5.41, 5.74) is 3.89. The fourth-order valence-electron chi connectivity index (χ4n) is 2.74. The molecule has 0 saturated carbocycles. The van der Waals surface area contributed by atoms with Crippen LogP contribution in [0.4, 0.5) is 5.69 Å². The summed E-state index contributed by atoms with van der Waals surface area (Å²) in [6.07, 6.45) is 2.04. The van der Waals surface area contributed by atoms with E-state index < -0.39 is 0 Å². The second-order valence-electron chi connectivity index (χ2n) is 7.22. The highest BCUT2D eigenvalue weighted by atomic mass is 32.2. The summed E-state index contributed by atoms with van der Waals surface area (Å²) in [5.74, 6) is 0. The predicted octanol–water partition coefficient (Wildman–Crippen LogP) is 3.61. The summed E-state index contributed by atoms with van der Waals surface area (Å²) in [5, 5.41) is 4.96. The zero-order chi connectivity index (χ0) is 15.6. The van der Waals surface area contributed by atoms with E-state index in [0.29, 0.717) is 10.5 Å². The second-order valence-corrected chi connectivity index (χ2v) is 9.10. The van der Waals surface area contributed by atoms with Gasteiger partial charge in [-0.05, 0) is 33.8 Å². The quantitative estimate of drug-likeness (QED) is 0.923. The van der Waals surface area contributed by atoms with Crippen LogP contribution in [0.1, 0.15) is 45.9 Å². The van der Waals surface area contributed by atoms with Crippen LogP contribution in [0.2, 0.25) is 0 Å². The Morgan fingerprint density at radius 2 is 1.90 bits per heavy atom. The molecule has 1 fully saturated rings. The van der Waals surface area contributed by atoms with Gasteiger partial charge < -0.3 is 10.2 Å².